The van der Waals surface area contributed by atoms with E-state index in [1.807, 2.05) is 11.8 Å². The number of aromatic amines is 1. The molecule has 4 N–H and O–H groups in total. The molecule has 0 bridgehead atoms. The first-order chi connectivity index (χ1) is 13.6. The fourth-order valence-corrected chi connectivity index (χ4v) is 4.24. The molecule has 0 radical (unpaired) electrons. The fourth-order valence-electron chi connectivity index (χ4n) is 4.24. The van der Waals surface area contributed by atoms with Gasteiger partial charge in [-0.2, -0.15) is 0 Å². The van der Waals surface area contributed by atoms with Crippen molar-refractivity contribution in [1.82, 2.24) is 15.3 Å². The molecule has 172 valence electrons. The lowest BCUT2D eigenvalue weighted by Crippen LogP contribution is -2.46. The van der Waals surface area contributed by atoms with Crippen LogP contribution < -0.4 is 21.5 Å². The van der Waals surface area contributed by atoms with Gasteiger partial charge in [0.1, 0.15) is 0 Å². The summed E-state index contributed by atoms with van der Waals surface area (Å²) in [5, 5.41) is 3.09. The highest BCUT2D eigenvalue weighted by Crippen LogP contribution is 2.26. The molecule has 1 amide bonds. The van der Waals surface area contributed by atoms with Crippen LogP contribution in [-0.2, 0) is 16.0 Å². The Morgan fingerprint density at radius 2 is 1.93 bits per heavy atom. The molecule has 1 aromatic heterocycles. The number of hydrogen-bond donors (Lipinski definition) is 3. The van der Waals surface area contributed by atoms with Gasteiger partial charge in [0.05, 0.1) is 13.2 Å². The van der Waals surface area contributed by atoms with E-state index in [2.05, 4.69) is 15.3 Å². The first-order valence-corrected chi connectivity index (χ1v) is 10.5. The van der Waals surface area contributed by atoms with Crippen molar-refractivity contribution in [1.29, 1.82) is 0 Å². The number of carbonyl (C=O) groups is 1. The summed E-state index contributed by atoms with van der Waals surface area (Å²) in [4.78, 5) is 34.4. The van der Waals surface area contributed by atoms with Crippen LogP contribution in [-0.4, -0.2) is 54.8 Å². The molecule has 3 rings (SSSR count). The SMILES string of the molecule is Cc1nc(N2CCOCC2)[nH]c(=O)c1CCC(=O)NC(CN)C1CCCCC1.Cl.Cl. The Hall–Kier alpha value is -1.35. The van der Waals surface area contributed by atoms with Crippen LogP contribution in [0, 0.1) is 12.8 Å². The van der Waals surface area contributed by atoms with Gasteiger partial charge in [0, 0.05) is 43.4 Å². The highest BCUT2D eigenvalue weighted by atomic mass is 35.5. The van der Waals surface area contributed by atoms with Crippen molar-refractivity contribution in [3.63, 3.8) is 0 Å². The van der Waals surface area contributed by atoms with E-state index in [-0.39, 0.29) is 48.7 Å². The number of nitrogens with two attached hydrogens (primary N) is 1. The van der Waals surface area contributed by atoms with Gasteiger partial charge in [-0.25, -0.2) is 4.98 Å². The molecule has 0 aromatic carbocycles. The van der Waals surface area contributed by atoms with Gasteiger partial charge in [0.25, 0.3) is 5.56 Å². The Kier molecular flexibility index (Phi) is 11.7. The second-order valence-corrected chi connectivity index (χ2v) is 7.86. The maximum Gasteiger partial charge on any atom is 0.255 e. The number of anilines is 1. The number of amides is 1. The maximum atomic E-state index is 12.5. The normalized spacial score (nSPS) is 18.1. The number of carbonyl (C=O) groups excluding carboxylic acids is 1. The van der Waals surface area contributed by atoms with Crippen LogP contribution in [0.4, 0.5) is 5.95 Å². The number of aryl methyl sites for hydroxylation is 1. The van der Waals surface area contributed by atoms with Crippen LogP contribution >= 0.6 is 24.8 Å². The molecule has 2 heterocycles. The van der Waals surface area contributed by atoms with Crippen molar-refractivity contribution in [2.24, 2.45) is 11.7 Å². The topological polar surface area (TPSA) is 113 Å². The summed E-state index contributed by atoms with van der Waals surface area (Å²) in [5.74, 6) is 1.01. The molecule has 1 saturated carbocycles. The summed E-state index contributed by atoms with van der Waals surface area (Å²) in [6.07, 6.45) is 6.62. The maximum absolute atomic E-state index is 12.5. The molecule has 0 spiro atoms. The van der Waals surface area contributed by atoms with E-state index in [9.17, 15) is 9.59 Å². The minimum absolute atomic E-state index is 0. The van der Waals surface area contributed by atoms with Crippen LogP contribution in [0.25, 0.3) is 0 Å². The van der Waals surface area contributed by atoms with E-state index in [1.165, 1.54) is 19.3 Å². The molecule has 2 aliphatic rings. The molecule has 2 fully saturated rings. The van der Waals surface area contributed by atoms with Crippen molar-refractivity contribution in [2.45, 2.75) is 57.9 Å². The third-order valence-corrected chi connectivity index (χ3v) is 5.94. The van der Waals surface area contributed by atoms with Crippen LogP contribution in [0.15, 0.2) is 4.79 Å². The molecule has 1 atom stereocenters. The average Bonchev–Trinajstić information content (AvgIpc) is 2.72. The standard InChI is InChI=1S/C20H33N5O3.2ClH/c1-14-16(19(27)24-20(22-14)25-9-11-28-12-10-25)7-8-18(26)23-17(13-21)15-5-3-2-4-6-15;;/h15,17H,2-13,21H2,1H3,(H,23,26)(H,22,24,27);2*1H. The Morgan fingerprint density at radius 3 is 2.53 bits per heavy atom. The second-order valence-electron chi connectivity index (χ2n) is 7.86. The van der Waals surface area contributed by atoms with Crippen molar-refractivity contribution in [3.05, 3.63) is 21.6 Å². The second kappa shape index (κ2) is 13.1. The molecule has 1 aliphatic heterocycles. The number of H-pyrrole nitrogens is 1. The van der Waals surface area contributed by atoms with Crippen molar-refractivity contribution < 1.29 is 9.53 Å². The van der Waals surface area contributed by atoms with Gasteiger partial charge >= 0.3 is 0 Å². The Balaban J connectivity index is 0.00000225. The third kappa shape index (κ3) is 7.11. The molecule has 1 aromatic rings. The van der Waals surface area contributed by atoms with Gasteiger partial charge in [-0.05, 0) is 32.1 Å². The third-order valence-electron chi connectivity index (χ3n) is 5.94. The average molecular weight is 464 g/mol. The molecule has 1 saturated heterocycles. The Morgan fingerprint density at radius 1 is 1.27 bits per heavy atom. The van der Waals surface area contributed by atoms with Gasteiger partial charge in [0.15, 0.2) is 0 Å². The van der Waals surface area contributed by atoms with Crippen molar-refractivity contribution in [2.75, 3.05) is 37.7 Å². The van der Waals surface area contributed by atoms with Gasteiger partial charge in [-0.3, -0.25) is 14.6 Å². The lowest BCUT2D eigenvalue weighted by molar-refractivity contribution is -0.122. The Labute approximate surface area is 190 Å². The quantitative estimate of drug-likeness (QED) is 0.566. The number of ether oxygens (including phenoxy) is 1. The van der Waals surface area contributed by atoms with E-state index < -0.39 is 0 Å². The first-order valence-electron chi connectivity index (χ1n) is 10.5. The fraction of sp³-hybridized carbons (Fsp3) is 0.750. The van der Waals surface area contributed by atoms with E-state index in [1.54, 1.807) is 0 Å². The zero-order chi connectivity index (χ0) is 19.9. The largest absolute Gasteiger partial charge is 0.378 e. The minimum Gasteiger partial charge on any atom is -0.378 e. The highest BCUT2D eigenvalue weighted by Gasteiger charge is 2.24. The van der Waals surface area contributed by atoms with Crippen LogP contribution in [0.3, 0.4) is 0 Å². The van der Waals surface area contributed by atoms with Gasteiger partial charge in [0.2, 0.25) is 11.9 Å². The number of halogens is 2. The number of nitrogens with zero attached hydrogens (tertiary/aromatic N) is 2. The zero-order valence-electron chi connectivity index (χ0n) is 17.7. The van der Waals surface area contributed by atoms with Gasteiger partial charge in [-0.15, -0.1) is 24.8 Å². The molecule has 10 heteroatoms. The summed E-state index contributed by atoms with van der Waals surface area (Å²) < 4.78 is 5.34. The first kappa shape index (κ1) is 26.7. The monoisotopic (exact) mass is 463 g/mol. The zero-order valence-corrected chi connectivity index (χ0v) is 19.3. The van der Waals surface area contributed by atoms with Gasteiger partial charge < -0.3 is 20.7 Å². The number of nitrogens with one attached hydrogen (secondary N) is 2. The highest BCUT2D eigenvalue weighted by molar-refractivity contribution is 5.85. The summed E-state index contributed by atoms with van der Waals surface area (Å²) in [6, 6.07) is 0.0361. The molecule has 8 nitrogen and oxygen atoms in total. The Bertz CT molecular complexity index is 719. The van der Waals surface area contributed by atoms with Crippen molar-refractivity contribution >= 4 is 36.7 Å². The summed E-state index contributed by atoms with van der Waals surface area (Å²) in [7, 11) is 0. The number of aromatic nitrogens is 2. The van der Waals surface area contributed by atoms with Crippen LogP contribution in [0.2, 0.25) is 0 Å². The van der Waals surface area contributed by atoms with Crippen LogP contribution in [0.5, 0.6) is 0 Å². The molecule has 1 unspecified atom stereocenters. The van der Waals surface area contributed by atoms with Gasteiger partial charge in [-0.1, -0.05) is 19.3 Å². The number of rotatable bonds is 7. The minimum atomic E-state index is -0.163. The van der Waals surface area contributed by atoms with E-state index in [0.29, 0.717) is 62.4 Å². The predicted octanol–water partition coefficient (Wildman–Crippen LogP) is 1.71. The summed E-state index contributed by atoms with van der Waals surface area (Å²) in [6.45, 7) is 4.99. The molecule has 30 heavy (non-hydrogen) atoms. The van der Waals surface area contributed by atoms with E-state index in [4.69, 9.17) is 10.5 Å². The van der Waals surface area contributed by atoms with E-state index >= 15 is 0 Å². The number of hydrogen-bond acceptors (Lipinski definition) is 6. The smallest absolute Gasteiger partial charge is 0.255 e. The summed E-state index contributed by atoms with van der Waals surface area (Å²) >= 11 is 0. The van der Waals surface area contributed by atoms with Crippen molar-refractivity contribution in [3.8, 4) is 0 Å². The molecule has 1 aliphatic carbocycles. The summed E-state index contributed by atoms with van der Waals surface area (Å²) in [5.41, 5.74) is 7.00. The lowest BCUT2D eigenvalue weighted by Gasteiger charge is -2.30. The molecular weight excluding hydrogens is 429 g/mol. The van der Waals surface area contributed by atoms with Crippen LogP contribution in [0.1, 0.15) is 49.8 Å². The lowest BCUT2D eigenvalue weighted by atomic mass is 9.84. The number of morpholine rings is 1. The molecular formula is C20H35Cl2N5O3. The van der Waals surface area contributed by atoms with E-state index in [0.717, 1.165) is 12.8 Å². The predicted molar refractivity (Wildman–Crippen MR) is 123 cm³/mol.